The molecule has 0 bridgehead atoms. The number of esters is 1. The molecule has 0 saturated carbocycles. The van der Waals surface area contributed by atoms with Gasteiger partial charge in [0.25, 0.3) is 0 Å². The second kappa shape index (κ2) is 7.50. The van der Waals surface area contributed by atoms with Crippen molar-refractivity contribution in [2.24, 2.45) is 7.05 Å². The van der Waals surface area contributed by atoms with Gasteiger partial charge in [0.1, 0.15) is 11.6 Å². The van der Waals surface area contributed by atoms with E-state index < -0.39 is 41.6 Å². The highest BCUT2D eigenvalue weighted by Crippen LogP contribution is 2.36. The first-order valence-electron chi connectivity index (χ1n) is 7.83. The highest BCUT2D eigenvalue weighted by atomic mass is 32.1. The number of aromatic nitrogens is 3. The van der Waals surface area contributed by atoms with Crippen molar-refractivity contribution >= 4 is 17.3 Å². The van der Waals surface area contributed by atoms with Crippen LogP contribution in [-0.4, -0.2) is 20.7 Å². The smallest absolute Gasteiger partial charge is 0.416 e. The zero-order valence-electron chi connectivity index (χ0n) is 14.5. The Morgan fingerprint density at radius 3 is 2.24 bits per heavy atom. The monoisotopic (exact) mass is 435 g/mol. The number of rotatable bonds is 4. The summed E-state index contributed by atoms with van der Waals surface area (Å²) in [5.41, 5.74) is -3.03. The number of alkyl halides is 6. The van der Waals surface area contributed by atoms with E-state index in [0.717, 1.165) is 0 Å². The first-order chi connectivity index (χ1) is 13.4. The number of halogens is 6. The van der Waals surface area contributed by atoms with Gasteiger partial charge in [-0.1, -0.05) is 0 Å². The molecular formula is C17H11F6N3O2S. The third-order valence-electron chi connectivity index (χ3n) is 3.68. The van der Waals surface area contributed by atoms with Crippen molar-refractivity contribution < 1.29 is 35.9 Å². The first-order valence-corrected chi connectivity index (χ1v) is 8.71. The Balaban J connectivity index is 1.78. The standard InChI is InChI=1S/C17H11F6N3O2S/c1-26-6-10(5-24-26)14-25-13(8-29-14)7-28-15(27)9-2-11(16(18,19)20)4-12(3-9)17(21,22)23/h2-6,8H,7H2,1H3. The lowest BCUT2D eigenvalue weighted by Crippen LogP contribution is -2.14. The van der Waals surface area contributed by atoms with Gasteiger partial charge < -0.3 is 4.74 Å². The average Bonchev–Trinajstić information content (AvgIpc) is 3.26. The van der Waals surface area contributed by atoms with Gasteiger partial charge >= 0.3 is 18.3 Å². The van der Waals surface area contributed by atoms with E-state index in [1.807, 2.05) is 0 Å². The summed E-state index contributed by atoms with van der Waals surface area (Å²) >= 11 is 1.22. The molecule has 2 heterocycles. The summed E-state index contributed by atoms with van der Waals surface area (Å²) in [7, 11) is 1.71. The van der Waals surface area contributed by atoms with Gasteiger partial charge in [-0.25, -0.2) is 9.78 Å². The number of aryl methyl sites for hydroxylation is 1. The third-order valence-corrected chi connectivity index (χ3v) is 4.62. The highest BCUT2D eigenvalue weighted by Gasteiger charge is 2.37. The topological polar surface area (TPSA) is 57.0 Å². The van der Waals surface area contributed by atoms with Crippen molar-refractivity contribution in [1.29, 1.82) is 0 Å². The van der Waals surface area contributed by atoms with Gasteiger partial charge in [0.05, 0.1) is 28.6 Å². The summed E-state index contributed by atoms with van der Waals surface area (Å²) in [5, 5.41) is 6.12. The summed E-state index contributed by atoms with van der Waals surface area (Å²) in [4.78, 5) is 16.3. The summed E-state index contributed by atoms with van der Waals surface area (Å²) in [6.07, 6.45) is -6.83. The Bertz CT molecular complexity index is 1010. The molecule has 3 aromatic rings. The van der Waals surface area contributed by atoms with Crippen LogP contribution in [0.5, 0.6) is 0 Å². The number of benzene rings is 1. The molecule has 0 unspecified atom stereocenters. The molecule has 2 aromatic heterocycles. The minimum Gasteiger partial charge on any atom is -0.456 e. The quantitative estimate of drug-likeness (QED) is 0.431. The molecule has 0 atom stereocenters. The molecule has 0 aliphatic rings. The molecule has 0 spiro atoms. The van der Waals surface area contributed by atoms with Crippen LogP contribution in [-0.2, 0) is 30.7 Å². The third kappa shape index (κ3) is 4.94. The molecule has 0 N–H and O–H groups in total. The van der Waals surface area contributed by atoms with E-state index in [2.05, 4.69) is 10.1 Å². The summed E-state index contributed by atoms with van der Waals surface area (Å²) in [6, 6.07) is 0.580. The molecule has 0 aliphatic heterocycles. The van der Waals surface area contributed by atoms with Crippen molar-refractivity contribution in [3.05, 3.63) is 58.4 Å². The van der Waals surface area contributed by atoms with Crippen LogP contribution in [0.4, 0.5) is 26.3 Å². The second-order valence-corrected chi connectivity index (χ2v) is 6.78. The first kappa shape index (κ1) is 20.8. The van der Waals surface area contributed by atoms with Gasteiger partial charge in [-0.15, -0.1) is 11.3 Å². The number of nitrogens with zero attached hydrogens (tertiary/aromatic N) is 3. The van der Waals surface area contributed by atoms with Crippen molar-refractivity contribution in [1.82, 2.24) is 14.8 Å². The molecule has 5 nitrogen and oxygen atoms in total. The Morgan fingerprint density at radius 2 is 1.72 bits per heavy atom. The van der Waals surface area contributed by atoms with Gasteiger partial charge in [-0.3, -0.25) is 4.68 Å². The lowest BCUT2D eigenvalue weighted by molar-refractivity contribution is -0.143. The fourth-order valence-corrected chi connectivity index (χ4v) is 3.11. The maximum atomic E-state index is 12.9. The van der Waals surface area contributed by atoms with Crippen molar-refractivity contribution in [2.75, 3.05) is 0 Å². The van der Waals surface area contributed by atoms with Crippen LogP contribution in [0.25, 0.3) is 10.6 Å². The Hall–Kier alpha value is -2.89. The number of carbonyl (C=O) groups is 1. The predicted molar refractivity (Wildman–Crippen MR) is 89.9 cm³/mol. The minimum absolute atomic E-state index is 0.0582. The van der Waals surface area contributed by atoms with Crippen molar-refractivity contribution in [3.8, 4) is 10.6 Å². The van der Waals surface area contributed by atoms with Crippen molar-refractivity contribution in [2.45, 2.75) is 19.0 Å². The molecule has 0 amide bonds. The van der Waals surface area contributed by atoms with Gasteiger partial charge in [0, 0.05) is 24.2 Å². The lowest BCUT2D eigenvalue weighted by atomic mass is 10.0. The molecule has 12 heteroatoms. The number of carbonyl (C=O) groups excluding carboxylic acids is 1. The number of hydrogen-bond donors (Lipinski definition) is 0. The summed E-state index contributed by atoms with van der Waals surface area (Å²) < 4.78 is 83.7. The van der Waals surface area contributed by atoms with E-state index in [1.54, 1.807) is 29.5 Å². The zero-order valence-corrected chi connectivity index (χ0v) is 15.3. The number of thiazole rings is 1. The van der Waals surface area contributed by atoms with Crippen LogP contribution in [0.1, 0.15) is 27.2 Å². The molecule has 0 radical (unpaired) electrons. The van der Waals surface area contributed by atoms with Crippen molar-refractivity contribution in [3.63, 3.8) is 0 Å². The van der Waals surface area contributed by atoms with Gasteiger partial charge in [-0.2, -0.15) is 31.4 Å². The van der Waals surface area contributed by atoms with E-state index in [4.69, 9.17) is 4.74 Å². The van der Waals surface area contributed by atoms with Crippen LogP contribution in [0.2, 0.25) is 0 Å². The van der Waals surface area contributed by atoms with E-state index >= 15 is 0 Å². The molecule has 0 fully saturated rings. The maximum Gasteiger partial charge on any atom is 0.416 e. The molecule has 1 aromatic carbocycles. The lowest BCUT2D eigenvalue weighted by Gasteiger charge is -2.13. The van der Waals surface area contributed by atoms with Gasteiger partial charge in [0.2, 0.25) is 0 Å². The highest BCUT2D eigenvalue weighted by molar-refractivity contribution is 7.13. The van der Waals surface area contributed by atoms with E-state index in [-0.39, 0.29) is 6.07 Å². The molecule has 154 valence electrons. The van der Waals surface area contributed by atoms with E-state index in [0.29, 0.717) is 28.4 Å². The SMILES string of the molecule is Cn1cc(-c2nc(COC(=O)c3cc(C(F)(F)F)cc(C(F)(F)F)c3)cs2)cn1. The van der Waals surface area contributed by atoms with Crippen LogP contribution < -0.4 is 0 Å². The predicted octanol–water partition coefficient (Wildman–Crippen LogP) is 4.94. The fourth-order valence-electron chi connectivity index (χ4n) is 2.33. The van der Waals surface area contributed by atoms with E-state index in [1.165, 1.54) is 11.3 Å². The normalized spacial score (nSPS) is 12.2. The molecule has 29 heavy (non-hydrogen) atoms. The summed E-state index contributed by atoms with van der Waals surface area (Å²) in [6.45, 7) is -0.410. The number of ether oxygens (including phenoxy) is 1. The second-order valence-electron chi connectivity index (χ2n) is 5.92. The van der Waals surface area contributed by atoms with E-state index in [9.17, 15) is 31.1 Å². The Morgan fingerprint density at radius 1 is 1.10 bits per heavy atom. The fraction of sp³-hybridized carbons (Fsp3) is 0.235. The molecular weight excluding hydrogens is 424 g/mol. The minimum atomic E-state index is -5.05. The number of hydrogen-bond acceptors (Lipinski definition) is 5. The molecule has 0 aliphatic carbocycles. The van der Waals surface area contributed by atoms with Gasteiger partial charge in [0.15, 0.2) is 0 Å². The molecule has 0 saturated heterocycles. The zero-order chi connectivity index (χ0) is 21.4. The van der Waals surface area contributed by atoms with Gasteiger partial charge in [-0.05, 0) is 18.2 Å². The maximum absolute atomic E-state index is 12.9. The van der Waals surface area contributed by atoms with Crippen LogP contribution in [0, 0.1) is 0 Å². The van der Waals surface area contributed by atoms with Crippen LogP contribution >= 0.6 is 11.3 Å². The Kier molecular flexibility index (Phi) is 5.39. The van der Waals surface area contributed by atoms with Crippen LogP contribution in [0.15, 0.2) is 36.0 Å². The summed E-state index contributed by atoms with van der Waals surface area (Å²) in [5.74, 6) is -1.32. The van der Waals surface area contributed by atoms with Crippen LogP contribution in [0.3, 0.4) is 0 Å². The largest absolute Gasteiger partial charge is 0.456 e. The Labute approximate surface area is 163 Å². The average molecular weight is 435 g/mol. The molecule has 3 rings (SSSR count).